The Hall–Kier alpha value is -2.98. The third kappa shape index (κ3) is 7.34. The fourth-order valence-electron chi connectivity index (χ4n) is 2.01. The minimum atomic E-state index is -1.92. The number of carboxylic acid groups (broad SMARTS) is 1. The van der Waals surface area contributed by atoms with Crippen molar-refractivity contribution in [1.82, 2.24) is 14.2 Å². The number of carboxylic acids is 1. The van der Waals surface area contributed by atoms with E-state index in [0.717, 1.165) is 6.92 Å². The summed E-state index contributed by atoms with van der Waals surface area (Å²) in [4.78, 5) is 57.8. The lowest BCUT2D eigenvalue weighted by atomic mass is 10.1. The van der Waals surface area contributed by atoms with Crippen LogP contribution in [0.15, 0.2) is 6.07 Å². The molecule has 31 heavy (non-hydrogen) atoms. The standard InChI is InChI=1S/C16H14F4IN3O7/c1-5(22-15(29)16(30)24-21)14(28)23-8(3-10(26)27)9(25)4-31-13-11(19)6(17)2-7(18)12(13)20/h2,5,8H,3-4H2,1H3,(H,22,29)(H,23,28)(H,24,30)(H,26,27)/t5-,8-/m0/s1. The number of nitrogens with one attached hydrogen (secondary N) is 3. The van der Waals surface area contributed by atoms with Gasteiger partial charge in [0.15, 0.2) is 23.2 Å². The van der Waals surface area contributed by atoms with Gasteiger partial charge in [0.05, 0.1) is 29.3 Å². The molecule has 0 unspecified atom stereocenters. The number of amides is 3. The Morgan fingerprint density at radius 2 is 1.58 bits per heavy atom. The maximum atomic E-state index is 13.6. The zero-order valence-electron chi connectivity index (χ0n) is 15.4. The topological polar surface area (TPSA) is 151 Å². The third-order valence-electron chi connectivity index (χ3n) is 3.55. The first-order chi connectivity index (χ1) is 14.4. The van der Waals surface area contributed by atoms with Gasteiger partial charge >= 0.3 is 17.8 Å². The highest BCUT2D eigenvalue weighted by molar-refractivity contribution is 14.1. The Morgan fingerprint density at radius 1 is 1.03 bits per heavy atom. The highest BCUT2D eigenvalue weighted by Gasteiger charge is 2.29. The Balaban J connectivity index is 2.89. The molecule has 0 aliphatic carbocycles. The van der Waals surface area contributed by atoms with Gasteiger partial charge in [-0.05, 0) is 6.92 Å². The van der Waals surface area contributed by atoms with Crippen molar-refractivity contribution < 1.29 is 51.4 Å². The van der Waals surface area contributed by atoms with Gasteiger partial charge in [-0.3, -0.25) is 27.5 Å². The molecule has 15 heteroatoms. The molecule has 2 atom stereocenters. The number of ether oxygens (including phenoxy) is 1. The van der Waals surface area contributed by atoms with Crippen molar-refractivity contribution in [2.45, 2.75) is 25.4 Å². The van der Waals surface area contributed by atoms with Crippen LogP contribution in [0.4, 0.5) is 17.6 Å². The van der Waals surface area contributed by atoms with Gasteiger partial charge < -0.3 is 20.5 Å². The number of hydrogen-bond acceptors (Lipinski definition) is 6. The zero-order valence-corrected chi connectivity index (χ0v) is 17.6. The zero-order chi connectivity index (χ0) is 23.9. The first kappa shape index (κ1) is 26.1. The van der Waals surface area contributed by atoms with Crippen LogP contribution in [0.25, 0.3) is 0 Å². The maximum Gasteiger partial charge on any atom is 0.317 e. The van der Waals surface area contributed by atoms with E-state index in [1.807, 2.05) is 14.2 Å². The molecule has 0 aliphatic rings. The van der Waals surface area contributed by atoms with Gasteiger partial charge in [-0.25, -0.2) is 8.78 Å². The summed E-state index contributed by atoms with van der Waals surface area (Å²) in [5.74, 6) is -15.1. The number of Topliss-reactive ketones (excluding diaryl/α,β-unsaturated/α-hetero) is 1. The van der Waals surface area contributed by atoms with Gasteiger partial charge in [0.1, 0.15) is 18.7 Å². The number of halogens is 5. The lowest BCUT2D eigenvalue weighted by Crippen LogP contribution is -2.53. The normalized spacial score (nSPS) is 12.3. The fraction of sp³-hybridized carbons (Fsp3) is 0.312. The summed E-state index contributed by atoms with van der Waals surface area (Å²) in [6, 6.07) is -3.27. The van der Waals surface area contributed by atoms with Crippen LogP contribution in [0.1, 0.15) is 13.3 Å². The predicted molar refractivity (Wildman–Crippen MR) is 101 cm³/mol. The van der Waals surface area contributed by atoms with E-state index in [1.165, 1.54) is 22.9 Å². The predicted octanol–water partition coefficient (Wildman–Crippen LogP) is 0.121. The quantitative estimate of drug-likeness (QED) is 0.110. The van der Waals surface area contributed by atoms with E-state index in [1.54, 1.807) is 0 Å². The molecule has 4 N–H and O–H groups in total. The van der Waals surface area contributed by atoms with Crippen molar-refractivity contribution >= 4 is 52.3 Å². The molecule has 1 rings (SSSR count). The number of aliphatic carboxylic acids is 1. The SMILES string of the molecule is C[C@H](NC(=O)C(=O)NI)C(=O)N[C@@H](CC(=O)O)C(=O)COc1c(F)c(F)cc(F)c1F. The van der Waals surface area contributed by atoms with Crippen LogP contribution in [0.3, 0.4) is 0 Å². The van der Waals surface area contributed by atoms with Crippen molar-refractivity contribution in [2.75, 3.05) is 6.61 Å². The van der Waals surface area contributed by atoms with E-state index < -0.39 is 83.6 Å². The molecule has 0 bridgehead atoms. The van der Waals surface area contributed by atoms with Gasteiger partial charge in [-0.1, -0.05) is 0 Å². The number of carbonyl (C=O) groups is 5. The van der Waals surface area contributed by atoms with Crippen LogP contribution in [-0.2, 0) is 24.0 Å². The molecule has 0 heterocycles. The average Bonchev–Trinajstić information content (AvgIpc) is 2.70. The summed E-state index contributed by atoms with van der Waals surface area (Å²) in [5, 5.41) is 12.8. The molecular weight excluding hydrogens is 549 g/mol. The second-order valence-corrected chi connectivity index (χ2v) is 6.37. The molecule has 0 aliphatic heterocycles. The molecule has 10 nitrogen and oxygen atoms in total. The van der Waals surface area contributed by atoms with Crippen LogP contribution >= 0.6 is 22.9 Å². The third-order valence-corrected chi connectivity index (χ3v) is 4.04. The van der Waals surface area contributed by atoms with Crippen LogP contribution in [0.5, 0.6) is 5.75 Å². The molecule has 1 aromatic carbocycles. The van der Waals surface area contributed by atoms with E-state index in [0.29, 0.717) is 0 Å². The van der Waals surface area contributed by atoms with E-state index in [2.05, 4.69) is 4.74 Å². The Bertz CT molecular complexity index is 889. The van der Waals surface area contributed by atoms with Crippen molar-refractivity contribution in [3.63, 3.8) is 0 Å². The van der Waals surface area contributed by atoms with Gasteiger partial charge in [0, 0.05) is 6.07 Å². The summed E-state index contributed by atoms with van der Waals surface area (Å²) in [6.07, 6.45) is -0.995. The van der Waals surface area contributed by atoms with Crippen LogP contribution < -0.4 is 18.9 Å². The number of carbonyl (C=O) groups excluding carboxylic acids is 4. The second-order valence-electron chi connectivity index (χ2n) is 5.83. The molecular formula is C16H14F4IN3O7. The molecule has 0 saturated carbocycles. The van der Waals surface area contributed by atoms with E-state index in [9.17, 15) is 41.5 Å². The molecule has 170 valence electrons. The van der Waals surface area contributed by atoms with E-state index in [4.69, 9.17) is 5.11 Å². The summed E-state index contributed by atoms with van der Waals surface area (Å²) < 4.78 is 59.9. The minimum Gasteiger partial charge on any atom is -0.481 e. The number of ketones is 1. The Labute approximate surface area is 185 Å². The number of hydrogen-bond donors (Lipinski definition) is 4. The summed E-state index contributed by atoms with van der Waals surface area (Å²) >= 11 is 1.37. The highest BCUT2D eigenvalue weighted by Crippen LogP contribution is 2.26. The number of rotatable bonds is 9. The van der Waals surface area contributed by atoms with Crippen molar-refractivity contribution in [2.24, 2.45) is 0 Å². The minimum absolute atomic E-state index is 0.0825. The first-order valence-corrected chi connectivity index (χ1v) is 9.19. The molecule has 1 aromatic rings. The molecule has 0 spiro atoms. The maximum absolute atomic E-state index is 13.6. The fourth-order valence-corrected chi connectivity index (χ4v) is 2.25. The van der Waals surface area contributed by atoms with Gasteiger partial charge in [-0.15, -0.1) is 0 Å². The smallest absolute Gasteiger partial charge is 0.317 e. The lowest BCUT2D eigenvalue weighted by molar-refractivity contribution is -0.141. The van der Waals surface area contributed by atoms with Crippen LogP contribution in [-0.4, -0.2) is 53.3 Å². The lowest BCUT2D eigenvalue weighted by Gasteiger charge is -2.19. The van der Waals surface area contributed by atoms with E-state index in [-0.39, 0.29) is 6.07 Å². The molecule has 0 fully saturated rings. The Morgan fingerprint density at radius 3 is 2.06 bits per heavy atom. The largest absolute Gasteiger partial charge is 0.481 e. The summed E-state index contributed by atoms with van der Waals surface area (Å²) in [6.45, 7) is -0.139. The average molecular weight is 563 g/mol. The van der Waals surface area contributed by atoms with Crippen LogP contribution in [0, 0.1) is 23.3 Å². The summed E-state index contributed by atoms with van der Waals surface area (Å²) in [7, 11) is 0. The summed E-state index contributed by atoms with van der Waals surface area (Å²) in [5.41, 5.74) is 0. The number of benzene rings is 1. The van der Waals surface area contributed by atoms with Crippen LogP contribution in [0.2, 0.25) is 0 Å². The molecule has 0 aromatic heterocycles. The second kappa shape index (κ2) is 11.4. The van der Waals surface area contributed by atoms with Gasteiger partial charge in [-0.2, -0.15) is 8.78 Å². The first-order valence-electron chi connectivity index (χ1n) is 8.11. The molecule has 0 radical (unpaired) electrons. The molecule has 0 saturated heterocycles. The van der Waals surface area contributed by atoms with Crippen molar-refractivity contribution in [1.29, 1.82) is 0 Å². The highest BCUT2D eigenvalue weighted by atomic mass is 127. The Kier molecular flexibility index (Phi) is 9.60. The van der Waals surface area contributed by atoms with Gasteiger partial charge in [0.25, 0.3) is 0 Å². The van der Waals surface area contributed by atoms with Crippen molar-refractivity contribution in [3.05, 3.63) is 29.3 Å². The van der Waals surface area contributed by atoms with Gasteiger partial charge in [0.2, 0.25) is 17.5 Å². The molecule has 3 amide bonds. The van der Waals surface area contributed by atoms with E-state index >= 15 is 0 Å². The monoisotopic (exact) mass is 563 g/mol. The van der Waals surface area contributed by atoms with Crippen molar-refractivity contribution in [3.8, 4) is 5.75 Å².